The van der Waals surface area contributed by atoms with Crippen molar-refractivity contribution in [3.63, 3.8) is 0 Å². The molecule has 0 bridgehead atoms. The molecule has 0 aliphatic carbocycles. The van der Waals surface area contributed by atoms with Crippen molar-refractivity contribution >= 4 is 70.7 Å². The number of amidine groups is 1. The van der Waals surface area contributed by atoms with E-state index < -0.39 is 0 Å². The predicted molar refractivity (Wildman–Crippen MR) is 244 cm³/mol. The van der Waals surface area contributed by atoms with Gasteiger partial charge in [0.25, 0.3) is 0 Å². The Labute approximate surface area is 335 Å². The molecule has 4 heteroatoms. The van der Waals surface area contributed by atoms with Gasteiger partial charge in [0.15, 0.2) is 5.84 Å². The van der Waals surface area contributed by atoms with Crippen LogP contribution < -0.4 is 0 Å². The Morgan fingerprint density at radius 2 is 1.02 bits per heavy atom. The van der Waals surface area contributed by atoms with Gasteiger partial charge in [0.1, 0.15) is 11.2 Å². The molecular formula is C53H36N2OS. The number of benzene rings is 8. The SMILES string of the molecule is C=C(/N=C(\N=C(/C)c1ccccc1)c1ccccc1)c1cccc(-c2cccc3oc4c(-c5cccc6c5sc5c(-c7ccccc7)cccc56)cccc4c23)c1. The van der Waals surface area contributed by atoms with Crippen LogP contribution in [0.2, 0.25) is 0 Å². The first kappa shape index (κ1) is 34.4. The topological polar surface area (TPSA) is 37.9 Å². The van der Waals surface area contributed by atoms with Gasteiger partial charge in [-0.2, -0.15) is 0 Å². The van der Waals surface area contributed by atoms with Crippen LogP contribution in [0.3, 0.4) is 0 Å². The smallest absolute Gasteiger partial charge is 0.160 e. The highest BCUT2D eigenvalue weighted by Crippen LogP contribution is 2.46. The number of fused-ring (bicyclic) bond motifs is 6. The fourth-order valence-electron chi connectivity index (χ4n) is 7.88. The second-order valence-electron chi connectivity index (χ2n) is 14.2. The van der Waals surface area contributed by atoms with Gasteiger partial charge in [-0.3, -0.25) is 0 Å². The quantitative estimate of drug-likeness (QED) is 0.118. The van der Waals surface area contributed by atoms with Gasteiger partial charge in [-0.05, 0) is 46.9 Å². The number of thiophene rings is 1. The number of para-hydroxylation sites is 1. The van der Waals surface area contributed by atoms with Crippen molar-refractivity contribution in [2.75, 3.05) is 0 Å². The Morgan fingerprint density at radius 1 is 0.474 bits per heavy atom. The van der Waals surface area contributed by atoms with E-state index in [1.165, 1.54) is 36.9 Å². The molecule has 10 rings (SSSR count). The van der Waals surface area contributed by atoms with Crippen molar-refractivity contribution in [2.24, 2.45) is 9.98 Å². The van der Waals surface area contributed by atoms with Crippen LogP contribution in [0.4, 0.5) is 0 Å². The highest BCUT2D eigenvalue weighted by molar-refractivity contribution is 7.26. The molecule has 0 aliphatic rings. The second kappa shape index (κ2) is 14.5. The van der Waals surface area contributed by atoms with Crippen molar-refractivity contribution in [3.05, 3.63) is 211 Å². The molecule has 0 N–H and O–H groups in total. The standard InChI is InChI=1S/C53H36N2OS/c1-34(36-17-6-3-7-18-36)54-53(38-21-10-5-11-22-38)55-35(2)39-23-12-24-40(33-39)41-25-16-32-48-49(41)47-31-14-27-43(50(47)56-48)44-28-15-30-46-45-29-13-26-42(51(45)57-52(44)46)37-19-8-4-9-20-37/h3-33H,2H2,1H3/b54-34+,55-53-. The molecule has 270 valence electrons. The summed E-state index contributed by atoms with van der Waals surface area (Å²) in [7, 11) is 0. The highest BCUT2D eigenvalue weighted by Gasteiger charge is 2.20. The van der Waals surface area contributed by atoms with E-state index in [4.69, 9.17) is 14.4 Å². The number of rotatable bonds is 7. The average molecular weight is 749 g/mol. The lowest BCUT2D eigenvalue weighted by molar-refractivity contribution is 0.670. The minimum atomic E-state index is 0.618. The summed E-state index contributed by atoms with van der Waals surface area (Å²) in [6.45, 7) is 6.46. The van der Waals surface area contributed by atoms with E-state index >= 15 is 0 Å². The van der Waals surface area contributed by atoms with E-state index in [1.807, 2.05) is 66.8 Å². The van der Waals surface area contributed by atoms with Crippen LogP contribution in [0.25, 0.3) is 81.2 Å². The number of aliphatic imine (C=N–C) groups is 2. The molecule has 0 atom stereocenters. The minimum absolute atomic E-state index is 0.618. The zero-order valence-corrected chi connectivity index (χ0v) is 32.1. The van der Waals surface area contributed by atoms with Crippen molar-refractivity contribution in [2.45, 2.75) is 6.92 Å². The van der Waals surface area contributed by atoms with Crippen LogP contribution in [0, 0.1) is 0 Å². The third-order valence-corrected chi connectivity index (χ3v) is 12.0. The molecule has 0 radical (unpaired) electrons. The molecule has 8 aromatic carbocycles. The average Bonchev–Trinajstić information content (AvgIpc) is 3.86. The Bertz CT molecular complexity index is 3190. The van der Waals surface area contributed by atoms with E-state index in [9.17, 15) is 0 Å². The van der Waals surface area contributed by atoms with Gasteiger partial charge >= 0.3 is 0 Å². The molecule has 2 heterocycles. The number of hydrogen-bond acceptors (Lipinski definition) is 3. The molecule has 0 fully saturated rings. The van der Waals surface area contributed by atoms with Crippen LogP contribution in [-0.4, -0.2) is 11.5 Å². The van der Waals surface area contributed by atoms with Crippen LogP contribution in [0.5, 0.6) is 0 Å². The minimum Gasteiger partial charge on any atom is -0.455 e. The van der Waals surface area contributed by atoms with E-state index in [-0.39, 0.29) is 0 Å². The van der Waals surface area contributed by atoms with Crippen molar-refractivity contribution in [3.8, 4) is 33.4 Å². The predicted octanol–water partition coefficient (Wildman–Crippen LogP) is 14.9. The summed E-state index contributed by atoms with van der Waals surface area (Å²) >= 11 is 1.86. The van der Waals surface area contributed by atoms with Crippen molar-refractivity contribution in [1.29, 1.82) is 0 Å². The van der Waals surface area contributed by atoms with Gasteiger partial charge in [-0.15, -0.1) is 11.3 Å². The first-order valence-corrected chi connectivity index (χ1v) is 19.9. The fraction of sp³-hybridized carbons (Fsp3) is 0.0189. The van der Waals surface area contributed by atoms with Gasteiger partial charge in [0, 0.05) is 58.9 Å². The van der Waals surface area contributed by atoms with E-state index in [0.29, 0.717) is 11.5 Å². The number of furan rings is 1. The molecule has 0 aliphatic heterocycles. The lowest BCUT2D eigenvalue weighted by Crippen LogP contribution is -2.04. The summed E-state index contributed by atoms with van der Waals surface area (Å²) in [6.07, 6.45) is 0. The zero-order chi connectivity index (χ0) is 38.3. The lowest BCUT2D eigenvalue weighted by atomic mass is 9.95. The molecule has 0 saturated carbocycles. The van der Waals surface area contributed by atoms with Gasteiger partial charge in [0.05, 0.1) is 5.70 Å². The first-order valence-electron chi connectivity index (χ1n) is 19.1. The Morgan fingerprint density at radius 3 is 1.75 bits per heavy atom. The Hall–Kier alpha value is -7.14. The van der Waals surface area contributed by atoms with Gasteiger partial charge in [0.2, 0.25) is 0 Å². The maximum atomic E-state index is 6.82. The monoisotopic (exact) mass is 748 g/mol. The molecule has 57 heavy (non-hydrogen) atoms. The van der Waals surface area contributed by atoms with Gasteiger partial charge in [-0.1, -0.05) is 183 Å². The lowest BCUT2D eigenvalue weighted by Gasteiger charge is -2.09. The van der Waals surface area contributed by atoms with E-state index in [0.717, 1.165) is 61.0 Å². The molecule has 3 nitrogen and oxygen atoms in total. The van der Waals surface area contributed by atoms with Crippen LogP contribution >= 0.6 is 11.3 Å². The summed E-state index contributed by atoms with van der Waals surface area (Å²) in [5.41, 5.74) is 13.1. The molecular weight excluding hydrogens is 713 g/mol. The molecule has 0 saturated heterocycles. The maximum absolute atomic E-state index is 6.82. The Kier molecular flexibility index (Phi) is 8.74. The van der Waals surface area contributed by atoms with Crippen LogP contribution in [0.1, 0.15) is 23.6 Å². The summed E-state index contributed by atoms with van der Waals surface area (Å²) in [6, 6.07) is 65.5. The fourth-order valence-corrected chi connectivity index (χ4v) is 9.24. The number of hydrogen-bond donors (Lipinski definition) is 0. The third-order valence-electron chi connectivity index (χ3n) is 10.7. The maximum Gasteiger partial charge on any atom is 0.160 e. The summed E-state index contributed by atoms with van der Waals surface area (Å²) in [5.74, 6) is 0.618. The summed E-state index contributed by atoms with van der Waals surface area (Å²) in [4.78, 5) is 10.1. The number of nitrogens with zero attached hydrogens (tertiary/aromatic N) is 2. The largest absolute Gasteiger partial charge is 0.455 e. The zero-order valence-electron chi connectivity index (χ0n) is 31.3. The Balaban J connectivity index is 1.07. The molecule has 2 aromatic heterocycles. The summed E-state index contributed by atoms with van der Waals surface area (Å²) < 4.78 is 9.37. The molecule has 0 amide bonds. The van der Waals surface area contributed by atoms with Gasteiger partial charge < -0.3 is 4.42 Å². The van der Waals surface area contributed by atoms with Crippen LogP contribution in [0.15, 0.2) is 209 Å². The normalized spacial score (nSPS) is 12.2. The first-order chi connectivity index (χ1) is 28.1. The second-order valence-corrected chi connectivity index (χ2v) is 15.2. The third kappa shape index (κ3) is 6.27. The molecule has 0 unspecified atom stereocenters. The van der Waals surface area contributed by atoms with Gasteiger partial charge in [-0.25, -0.2) is 9.98 Å². The van der Waals surface area contributed by atoms with Crippen LogP contribution in [-0.2, 0) is 0 Å². The highest BCUT2D eigenvalue weighted by atomic mass is 32.1. The molecule has 0 spiro atoms. The van der Waals surface area contributed by atoms with E-state index in [2.05, 4.69) is 146 Å². The van der Waals surface area contributed by atoms with Crippen molar-refractivity contribution < 1.29 is 4.42 Å². The molecule has 10 aromatic rings. The summed E-state index contributed by atoms with van der Waals surface area (Å²) in [5, 5.41) is 4.70. The van der Waals surface area contributed by atoms with E-state index in [1.54, 1.807) is 0 Å². The van der Waals surface area contributed by atoms with Crippen molar-refractivity contribution in [1.82, 2.24) is 0 Å².